The van der Waals surface area contributed by atoms with Gasteiger partial charge in [0, 0.05) is 16.7 Å². The van der Waals surface area contributed by atoms with Crippen molar-refractivity contribution in [3.63, 3.8) is 0 Å². The number of imide groups is 2. The largest absolute Gasteiger partial charge is 0.493 e. The summed E-state index contributed by atoms with van der Waals surface area (Å²) >= 11 is 6.16. The summed E-state index contributed by atoms with van der Waals surface area (Å²) in [6, 6.07) is 8.27. The maximum absolute atomic E-state index is 13.4. The first-order chi connectivity index (χ1) is 20.3. The maximum atomic E-state index is 13.4. The molecule has 0 unspecified atom stereocenters. The fourth-order valence-electron chi connectivity index (χ4n) is 4.26. The van der Waals surface area contributed by atoms with Crippen LogP contribution in [0.1, 0.15) is 22.3 Å². The zero-order valence-electron chi connectivity index (χ0n) is 22.5. The molecule has 0 atom stereocenters. The fraction of sp³-hybridized carbons (Fsp3) is 0.138. The van der Waals surface area contributed by atoms with E-state index in [0.29, 0.717) is 28.3 Å². The number of rotatable bonds is 8. The number of nitrogens with one attached hydrogen (secondary N) is 1. The Labute approximate surface area is 247 Å². The van der Waals surface area contributed by atoms with Gasteiger partial charge < -0.3 is 9.47 Å². The lowest BCUT2D eigenvalue weighted by molar-refractivity contribution is -0.385. The number of allylic oxidation sites excluding steroid dienone is 1. The molecular formula is C29H21ClF3N3O7. The summed E-state index contributed by atoms with van der Waals surface area (Å²) in [5.41, 5.74) is -1.44. The number of nitrogens with zero attached hydrogens (tertiary/aromatic N) is 2. The number of barbiturate groups is 1. The first kappa shape index (κ1) is 30.8. The van der Waals surface area contributed by atoms with Crippen LogP contribution in [-0.4, -0.2) is 29.9 Å². The highest BCUT2D eigenvalue weighted by atomic mass is 35.5. The van der Waals surface area contributed by atoms with Crippen LogP contribution in [0.15, 0.2) is 66.8 Å². The van der Waals surface area contributed by atoms with Crippen LogP contribution in [0.5, 0.6) is 17.2 Å². The van der Waals surface area contributed by atoms with E-state index in [1.807, 2.05) is 0 Å². The van der Waals surface area contributed by atoms with Crippen LogP contribution < -0.4 is 19.7 Å². The van der Waals surface area contributed by atoms with E-state index in [1.54, 1.807) is 13.0 Å². The molecule has 0 aliphatic carbocycles. The lowest BCUT2D eigenvalue weighted by Crippen LogP contribution is -2.54. The number of hydrogen-bond acceptors (Lipinski definition) is 7. The van der Waals surface area contributed by atoms with Gasteiger partial charge in [-0.15, -0.1) is 6.58 Å². The van der Waals surface area contributed by atoms with Crippen molar-refractivity contribution in [1.29, 1.82) is 0 Å². The first-order valence-electron chi connectivity index (χ1n) is 12.3. The van der Waals surface area contributed by atoms with E-state index >= 15 is 0 Å². The Balaban J connectivity index is 1.80. The molecule has 1 aliphatic rings. The van der Waals surface area contributed by atoms with Crippen molar-refractivity contribution in [3.05, 3.63) is 104 Å². The van der Waals surface area contributed by atoms with E-state index < -0.39 is 51.5 Å². The topological polar surface area (TPSA) is 128 Å². The summed E-state index contributed by atoms with van der Waals surface area (Å²) in [7, 11) is 1.25. The number of methoxy groups -OCH3 is 1. The zero-order chi connectivity index (χ0) is 31.6. The average Bonchev–Trinajstić information content (AvgIpc) is 2.93. The number of anilines is 1. The number of halogens is 4. The Morgan fingerprint density at radius 1 is 1.12 bits per heavy atom. The molecule has 4 amide bonds. The molecule has 1 N–H and O–H groups in total. The molecular weight excluding hydrogens is 595 g/mol. The summed E-state index contributed by atoms with van der Waals surface area (Å²) in [6.07, 6.45) is -2.07. The minimum atomic E-state index is -4.82. The molecule has 14 heteroatoms. The molecule has 1 aliphatic heterocycles. The van der Waals surface area contributed by atoms with E-state index in [0.717, 1.165) is 11.0 Å². The van der Waals surface area contributed by atoms with Crippen molar-refractivity contribution < 1.29 is 42.0 Å². The van der Waals surface area contributed by atoms with Gasteiger partial charge in [0.25, 0.3) is 11.8 Å². The molecule has 3 aromatic carbocycles. The monoisotopic (exact) mass is 615 g/mol. The Hall–Kier alpha value is -5.17. The third kappa shape index (κ3) is 6.21. The minimum absolute atomic E-state index is 0.0253. The lowest BCUT2D eigenvalue weighted by Gasteiger charge is -2.27. The molecule has 3 aromatic rings. The van der Waals surface area contributed by atoms with Crippen LogP contribution in [-0.2, 0) is 22.2 Å². The highest BCUT2D eigenvalue weighted by molar-refractivity contribution is 6.40. The molecule has 222 valence electrons. The fourth-order valence-corrected chi connectivity index (χ4v) is 4.42. The predicted octanol–water partition coefficient (Wildman–Crippen LogP) is 6.77. The average molecular weight is 616 g/mol. The second kappa shape index (κ2) is 12.0. The van der Waals surface area contributed by atoms with Gasteiger partial charge in [-0.05, 0) is 66.9 Å². The number of nitro groups is 1. The number of nitro benzene ring substituents is 1. The number of benzene rings is 3. The van der Waals surface area contributed by atoms with Crippen molar-refractivity contribution in [2.75, 3.05) is 12.0 Å². The number of amides is 4. The predicted molar refractivity (Wildman–Crippen MR) is 150 cm³/mol. The van der Waals surface area contributed by atoms with E-state index in [4.69, 9.17) is 21.1 Å². The van der Waals surface area contributed by atoms with Crippen LogP contribution in [0.25, 0.3) is 6.08 Å². The van der Waals surface area contributed by atoms with Gasteiger partial charge in [-0.25, -0.2) is 9.69 Å². The number of alkyl halides is 3. The van der Waals surface area contributed by atoms with Gasteiger partial charge in [-0.1, -0.05) is 23.7 Å². The third-order valence-electron chi connectivity index (χ3n) is 6.33. The van der Waals surface area contributed by atoms with Crippen molar-refractivity contribution in [2.45, 2.75) is 19.5 Å². The second-order valence-corrected chi connectivity index (χ2v) is 9.49. The van der Waals surface area contributed by atoms with Gasteiger partial charge in [0.05, 0.1) is 23.3 Å². The summed E-state index contributed by atoms with van der Waals surface area (Å²) in [5.74, 6) is -2.47. The Bertz CT molecular complexity index is 1720. The van der Waals surface area contributed by atoms with Gasteiger partial charge in [0.1, 0.15) is 5.57 Å². The smallest absolute Gasteiger partial charge is 0.416 e. The van der Waals surface area contributed by atoms with Crippen molar-refractivity contribution in [1.82, 2.24) is 5.32 Å². The van der Waals surface area contributed by atoms with Crippen LogP contribution in [0.4, 0.5) is 29.3 Å². The van der Waals surface area contributed by atoms with Crippen LogP contribution in [0, 0.1) is 17.0 Å². The lowest BCUT2D eigenvalue weighted by atomic mass is 10.0. The van der Waals surface area contributed by atoms with Crippen LogP contribution >= 0.6 is 11.6 Å². The minimum Gasteiger partial charge on any atom is -0.493 e. The molecule has 1 heterocycles. The van der Waals surface area contributed by atoms with Gasteiger partial charge in [0.2, 0.25) is 5.75 Å². The number of ether oxygens (including phenoxy) is 2. The molecule has 0 radical (unpaired) electrons. The SMILES string of the molecule is C=CCc1cc(/C=C2\C(=O)NC(=O)N(c3cccc(Cl)c3C)C2=O)cc(OC)c1Oc1ccc(C(F)(F)F)cc1[N+](=O)[O-]. The van der Waals surface area contributed by atoms with Crippen molar-refractivity contribution in [3.8, 4) is 17.2 Å². The molecule has 4 rings (SSSR count). The van der Waals surface area contributed by atoms with E-state index in [9.17, 15) is 37.7 Å². The standard InChI is InChI=1S/C29H21ClF3N3O7/c1-4-6-17-11-16(12-19-26(37)34-28(39)35(27(19)38)21-8-5-7-20(30)15(21)2)13-24(42-3)25(17)43-23-10-9-18(29(31,32)33)14-22(23)36(40)41/h4-5,7-14H,1,6H2,2-3H3,(H,34,37,39)/b19-12+. The molecule has 43 heavy (non-hydrogen) atoms. The summed E-state index contributed by atoms with van der Waals surface area (Å²) < 4.78 is 50.6. The first-order valence-corrected chi connectivity index (χ1v) is 12.7. The number of carbonyl (C=O) groups excluding carboxylic acids is 3. The molecule has 0 bridgehead atoms. The molecule has 0 spiro atoms. The molecule has 0 saturated carbocycles. The van der Waals surface area contributed by atoms with E-state index in [-0.39, 0.29) is 29.2 Å². The zero-order valence-corrected chi connectivity index (χ0v) is 23.2. The number of carbonyl (C=O) groups is 3. The number of urea groups is 1. The Morgan fingerprint density at radius 3 is 2.47 bits per heavy atom. The highest BCUT2D eigenvalue weighted by Gasteiger charge is 2.38. The Kier molecular flexibility index (Phi) is 8.57. The summed E-state index contributed by atoms with van der Waals surface area (Å²) in [6.45, 7) is 5.26. The Morgan fingerprint density at radius 2 is 1.84 bits per heavy atom. The molecule has 0 aromatic heterocycles. The van der Waals surface area contributed by atoms with Gasteiger partial charge in [-0.2, -0.15) is 13.2 Å². The highest BCUT2D eigenvalue weighted by Crippen LogP contribution is 2.42. The van der Waals surface area contributed by atoms with Crippen molar-refractivity contribution >= 4 is 46.9 Å². The second-order valence-electron chi connectivity index (χ2n) is 9.09. The number of hydrogen-bond donors (Lipinski definition) is 1. The van der Waals surface area contributed by atoms with Crippen LogP contribution in [0.3, 0.4) is 0 Å². The van der Waals surface area contributed by atoms with E-state index in [2.05, 4.69) is 11.9 Å². The maximum Gasteiger partial charge on any atom is 0.416 e. The van der Waals surface area contributed by atoms with Gasteiger partial charge >= 0.3 is 17.9 Å². The van der Waals surface area contributed by atoms with E-state index in [1.165, 1.54) is 43.5 Å². The quantitative estimate of drug-likeness (QED) is 0.0973. The third-order valence-corrected chi connectivity index (χ3v) is 6.74. The summed E-state index contributed by atoms with van der Waals surface area (Å²) in [4.78, 5) is 50.1. The summed E-state index contributed by atoms with van der Waals surface area (Å²) in [5, 5.41) is 14.0. The van der Waals surface area contributed by atoms with Gasteiger partial charge in [-0.3, -0.25) is 25.0 Å². The molecule has 10 nitrogen and oxygen atoms in total. The normalized spacial score (nSPS) is 14.5. The van der Waals surface area contributed by atoms with Crippen molar-refractivity contribution in [2.24, 2.45) is 0 Å². The molecule has 1 fully saturated rings. The van der Waals surface area contributed by atoms with Crippen LogP contribution in [0.2, 0.25) is 5.02 Å². The van der Waals surface area contributed by atoms with Gasteiger partial charge in [0.15, 0.2) is 11.5 Å². The molecule has 1 saturated heterocycles.